The molecule has 5 nitrogen and oxygen atoms in total. The van der Waals surface area contributed by atoms with Crippen molar-refractivity contribution in [3.63, 3.8) is 0 Å². The van der Waals surface area contributed by atoms with E-state index in [4.69, 9.17) is 9.47 Å². The van der Waals surface area contributed by atoms with Crippen LogP contribution in [-0.2, 0) is 14.3 Å². The second-order valence-electron chi connectivity index (χ2n) is 4.15. The number of hydrogen-bond acceptors (Lipinski definition) is 4. The van der Waals surface area contributed by atoms with Crippen LogP contribution in [0.4, 0.5) is 0 Å². The van der Waals surface area contributed by atoms with E-state index in [2.05, 4.69) is 10.6 Å². The third-order valence-electron chi connectivity index (χ3n) is 2.83. The summed E-state index contributed by atoms with van der Waals surface area (Å²) in [5, 5.41) is 5.99. The molecule has 94 valence electrons. The quantitative estimate of drug-likeness (QED) is 0.593. The summed E-state index contributed by atoms with van der Waals surface area (Å²) in [6.07, 6.45) is 1.04. The fourth-order valence-corrected chi connectivity index (χ4v) is 1.75. The van der Waals surface area contributed by atoms with Crippen molar-refractivity contribution in [3.05, 3.63) is 0 Å². The molecule has 0 saturated carbocycles. The van der Waals surface area contributed by atoms with Gasteiger partial charge in [-0.25, -0.2) is 0 Å². The Morgan fingerprint density at radius 3 is 3.06 bits per heavy atom. The third kappa shape index (κ3) is 4.92. The zero-order valence-corrected chi connectivity index (χ0v) is 10.1. The number of methoxy groups -OCH3 is 1. The van der Waals surface area contributed by atoms with Crippen LogP contribution in [0.15, 0.2) is 0 Å². The van der Waals surface area contributed by atoms with Gasteiger partial charge in [0.15, 0.2) is 0 Å². The van der Waals surface area contributed by atoms with Crippen molar-refractivity contribution in [1.29, 1.82) is 0 Å². The van der Waals surface area contributed by atoms with Crippen LogP contribution in [0.2, 0.25) is 0 Å². The topological polar surface area (TPSA) is 59.6 Å². The smallest absolute Gasteiger partial charge is 0.234 e. The van der Waals surface area contributed by atoms with Crippen molar-refractivity contribution >= 4 is 5.91 Å². The van der Waals surface area contributed by atoms with E-state index in [0.717, 1.165) is 19.6 Å². The van der Waals surface area contributed by atoms with Crippen LogP contribution >= 0.6 is 0 Å². The Bertz CT molecular complexity index is 205. The molecule has 0 bridgehead atoms. The maximum absolute atomic E-state index is 11.5. The summed E-state index contributed by atoms with van der Waals surface area (Å²) in [6.45, 7) is 5.29. The molecule has 0 aliphatic carbocycles. The molecule has 0 aromatic carbocycles. The average molecular weight is 230 g/mol. The molecule has 1 fully saturated rings. The Hall–Kier alpha value is -0.650. The molecular formula is C11H22N2O3. The molecule has 1 aliphatic heterocycles. The summed E-state index contributed by atoms with van der Waals surface area (Å²) < 4.78 is 10.2. The zero-order valence-electron chi connectivity index (χ0n) is 10.1. The highest BCUT2D eigenvalue weighted by Gasteiger charge is 2.23. The average Bonchev–Trinajstić information content (AvgIpc) is 2.77. The van der Waals surface area contributed by atoms with Crippen molar-refractivity contribution < 1.29 is 14.3 Å². The highest BCUT2D eigenvalue weighted by Crippen LogP contribution is 2.15. The van der Waals surface area contributed by atoms with Gasteiger partial charge in [-0.05, 0) is 13.3 Å². The van der Waals surface area contributed by atoms with Gasteiger partial charge in [-0.2, -0.15) is 0 Å². The first-order chi connectivity index (χ1) is 7.74. The van der Waals surface area contributed by atoms with Gasteiger partial charge in [0.25, 0.3) is 0 Å². The van der Waals surface area contributed by atoms with Crippen LogP contribution in [-0.4, -0.2) is 52.0 Å². The molecular weight excluding hydrogens is 208 g/mol. The molecule has 16 heavy (non-hydrogen) atoms. The van der Waals surface area contributed by atoms with Crippen LogP contribution in [0.25, 0.3) is 0 Å². The van der Waals surface area contributed by atoms with Gasteiger partial charge in [0.2, 0.25) is 5.91 Å². The minimum Gasteiger partial charge on any atom is -0.383 e. The first-order valence-corrected chi connectivity index (χ1v) is 5.80. The molecule has 0 aromatic rings. The number of nitrogens with one attached hydrogen (secondary N) is 2. The largest absolute Gasteiger partial charge is 0.383 e. The monoisotopic (exact) mass is 230 g/mol. The minimum atomic E-state index is 0.0375. The van der Waals surface area contributed by atoms with Crippen LogP contribution in [0.1, 0.15) is 13.3 Å². The van der Waals surface area contributed by atoms with Crippen LogP contribution in [0.5, 0.6) is 0 Å². The number of hydrogen-bond donors (Lipinski definition) is 2. The Morgan fingerprint density at radius 2 is 2.44 bits per heavy atom. The Kier molecular flexibility index (Phi) is 6.37. The van der Waals surface area contributed by atoms with E-state index in [1.165, 1.54) is 0 Å². The molecule has 2 unspecified atom stereocenters. The lowest BCUT2D eigenvalue weighted by molar-refractivity contribution is -0.121. The van der Waals surface area contributed by atoms with Gasteiger partial charge in [0.05, 0.1) is 19.8 Å². The van der Waals surface area contributed by atoms with Gasteiger partial charge in [-0.15, -0.1) is 0 Å². The lowest BCUT2D eigenvalue weighted by Crippen LogP contribution is -2.43. The summed E-state index contributed by atoms with van der Waals surface area (Å²) in [6, 6.07) is 0.194. The number of rotatable bonds is 7. The molecule has 1 amide bonds. The number of ether oxygens (including phenoxy) is 2. The summed E-state index contributed by atoms with van der Waals surface area (Å²) in [5.41, 5.74) is 0. The van der Waals surface area contributed by atoms with Gasteiger partial charge in [0, 0.05) is 32.2 Å². The molecule has 1 saturated heterocycles. The first-order valence-electron chi connectivity index (χ1n) is 5.80. The highest BCUT2D eigenvalue weighted by atomic mass is 16.5. The van der Waals surface area contributed by atoms with Gasteiger partial charge < -0.3 is 20.1 Å². The SMILES string of the molecule is COCCNCC(=O)NC(C)C1CCOC1. The minimum absolute atomic E-state index is 0.0375. The Balaban J connectivity index is 2.08. The third-order valence-corrected chi connectivity index (χ3v) is 2.83. The maximum atomic E-state index is 11.5. The van der Waals surface area contributed by atoms with Crippen LogP contribution in [0, 0.1) is 5.92 Å². The van der Waals surface area contributed by atoms with Crippen LogP contribution in [0.3, 0.4) is 0 Å². The molecule has 1 heterocycles. The molecule has 1 rings (SSSR count). The maximum Gasteiger partial charge on any atom is 0.234 e. The number of carbonyl (C=O) groups is 1. The summed E-state index contributed by atoms with van der Waals surface area (Å²) in [5.74, 6) is 0.499. The van der Waals surface area contributed by atoms with E-state index in [9.17, 15) is 4.79 Å². The standard InChI is InChI=1S/C11H22N2O3/c1-9(10-3-5-16-8-10)13-11(14)7-12-4-6-15-2/h9-10,12H,3-8H2,1-2H3,(H,13,14). The fraction of sp³-hybridized carbons (Fsp3) is 0.909. The normalized spacial score (nSPS) is 22.0. The van der Waals surface area contributed by atoms with Crippen molar-refractivity contribution in [3.8, 4) is 0 Å². The first kappa shape index (κ1) is 13.4. The molecule has 0 spiro atoms. The Morgan fingerprint density at radius 1 is 1.62 bits per heavy atom. The van der Waals surface area contributed by atoms with E-state index >= 15 is 0 Å². The van der Waals surface area contributed by atoms with E-state index < -0.39 is 0 Å². The predicted octanol–water partition coefficient (Wildman–Crippen LogP) is -0.236. The Labute approximate surface area is 96.9 Å². The van der Waals surface area contributed by atoms with Gasteiger partial charge in [-0.1, -0.05) is 0 Å². The van der Waals surface area contributed by atoms with Gasteiger partial charge in [-0.3, -0.25) is 4.79 Å². The second-order valence-corrected chi connectivity index (χ2v) is 4.15. The lowest BCUT2D eigenvalue weighted by atomic mass is 10.0. The lowest BCUT2D eigenvalue weighted by Gasteiger charge is -2.19. The molecule has 2 atom stereocenters. The predicted molar refractivity (Wildman–Crippen MR) is 61.3 cm³/mol. The molecule has 2 N–H and O–H groups in total. The zero-order chi connectivity index (χ0) is 11.8. The van der Waals surface area contributed by atoms with Crippen molar-refractivity contribution in [2.45, 2.75) is 19.4 Å². The van der Waals surface area contributed by atoms with Crippen molar-refractivity contribution in [1.82, 2.24) is 10.6 Å². The highest BCUT2D eigenvalue weighted by molar-refractivity contribution is 5.78. The number of carbonyl (C=O) groups excluding carboxylic acids is 1. The van der Waals surface area contributed by atoms with Crippen LogP contribution < -0.4 is 10.6 Å². The van der Waals surface area contributed by atoms with Gasteiger partial charge >= 0.3 is 0 Å². The van der Waals surface area contributed by atoms with Gasteiger partial charge in [0.1, 0.15) is 0 Å². The van der Waals surface area contributed by atoms with E-state index in [0.29, 0.717) is 25.6 Å². The molecule has 0 aromatic heterocycles. The van der Waals surface area contributed by atoms with Crippen molar-refractivity contribution in [2.24, 2.45) is 5.92 Å². The summed E-state index contributed by atoms with van der Waals surface area (Å²) in [4.78, 5) is 11.5. The van der Waals surface area contributed by atoms with E-state index in [1.807, 2.05) is 6.92 Å². The fourth-order valence-electron chi connectivity index (χ4n) is 1.75. The molecule has 5 heteroatoms. The summed E-state index contributed by atoms with van der Waals surface area (Å²) >= 11 is 0. The number of amides is 1. The molecule has 0 radical (unpaired) electrons. The van der Waals surface area contributed by atoms with E-state index in [-0.39, 0.29) is 11.9 Å². The van der Waals surface area contributed by atoms with E-state index in [1.54, 1.807) is 7.11 Å². The molecule has 1 aliphatic rings. The summed E-state index contributed by atoms with van der Waals surface area (Å²) in [7, 11) is 1.64. The second kappa shape index (κ2) is 7.60. The van der Waals surface area contributed by atoms with Crippen molar-refractivity contribution in [2.75, 3.05) is 40.0 Å².